The summed E-state index contributed by atoms with van der Waals surface area (Å²) < 4.78 is 0. The Morgan fingerprint density at radius 1 is 1.25 bits per heavy atom. The highest BCUT2D eigenvalue weighted by Crippen LogP contribution is 2.24. The molecule has 1 N–H and O–H groups in total. The van der Waals surface area contributed by atoms with Crippen LogP contribution in [0.2, 0.25) is 0 Å². The maximum absolute atomic E-state index is 11.5. The van der Waals surface area contributed by atoms with Crippen molar-refractivity contribution in [3.8, 4) is 11.3 Å². The number of aromatic amines is 1. The quantitative estimate of drug-likeness (QED) is 0.778. The van der Waals surface area contributed by atoms with Gasteiger partial charge in [0.15, 0.2) is 5.78 Å². The summed E-state index contributed by atoms with van der Waals surface area (Å²) in [5, 5.41) is 0. The lowest BCUT2D eigenvalue weighted by Gasteiger charge is -2.00. The Kier molecular flexibility index (Phi) is 2.91. The predicted octanol–water partition coefficient (Wildman–Crippen LogP) is 3.45. The van der Waals surface area contributed by atoms with Gasteiger partial charge in [-0.2, -0.15) is 0 Å². The predicted molar refractivity (Wildman–Crippen MR) is 65.6 cm³/mol. The van der Waals surface area contributed by atoms with E-state index in [-0.39, 0.29) is 5.78 Å². The van der Waals surface area contributed by atoms with Gasteiger partial charge in [0.05, 0.1) is 5.69 Å². The highest BCUT2D eigenvalue weighted by molar-refractivity contribution is 6.00. The first-order chi connectivity index (χ1) is 7.72. The minimum atomic E-state index is 0.106. The Labute approximate surface area is 95.3 Å². The molecule has 0 bridgehead atoms. The first kappa shape index (κ1) is 10.7. The molecule has 2 heteroatoms. The van der Waals surface area contributed by atoms with Gasteiger partial charge in [-0.25, -0.2) is 0 Å². The van der Waals surface area contributed by atoms with Gasteiger partial charge in [-0.1, -0.05) is 37.3 Å². The summed E-state index contributed by atoms with van der Waals surface area (Å²) in [6.07, 6.45) is 0.910. The number of rotatable bonds is 3. The molecule has 1 aromatic carbocycles. The van der Waals surface area contributed by atoms with Crippen molar-refractivity contribution in [2.45, 2.75) is 20.3 Å². The third-order valence-corrected chi connectivity index (χ3v) is 2.70. The Morgan fingerprint density at radius 2 is 1.94 bits per heavy atom. The lowest BCUT2D eigenvalue weighted by Crippen LogP contribution is -1.92. The van der Waals surface area contributed by atoms with Gasteiger partial charge in [0, 0.05) is 11.3 Å². The third-order valence-electron chi connectivity index (χ3n) is 2.70. The summed E-state index contributed by atoms with van der Waals surface area (Å²) in [6.45, 7) is 3.68. The Bertz CT molecular complexity index is 497. The Balaban J connectivity index is 2.55. The van der Waals surface area contributed by atoms with Crippen LogP contribution in [0.3, 0.4) is 0 Å². The smallest absolute Gasteiger partial charge is 0.161 e. The van der Waals surface area contributed by atoms with Crippen LogP contribution in [0.25, 0.3) is 11.3 Å². The number of nitrogens with one attached hydrogen (secondary N) is 1. The molecule has 0 unspecified atom stereocenters. The summed E-state index contributed by atoms with van der Waals surface area (Å²) >= 11 is 0. The molecule has 0 saturated heterocycles. The Morgan fingerprint density at radius 3 is 2.50 bits per heavy atom. The molecule has 2 nitrogen and oxygen atoms in total. The molecule has 1 aromatic heterocycles. The lowest BCUT2D eigenvalue weighted by molar-refractivity contribution is 0.101. The first-order valence-electron chi connectivity index (χ1n) is 5.50. The van der Waals surface area contributed by atoms with Crippen molar-refractivity contribution in [1.29, 1.82) is 0 Å². The topological polar surface area (TPSA) is 32.9 Å². The number of hydrogen-bond acceptors (Lipinski definition) is 1. The molecule has 0 saturated carbocycles. The van der Waals surface area contributed by atoms with E-state index >= 15 is 0 Å². The zero-order valence-electron chi connectivity index (χ0n) is 9.58. The van der Waals surface area contributed by atoms with E-state index in [1.165, 1.54) is 0 Å². The van der Waals surface area contributed by atoms with Crippen LogP contribution in [0, 0.1) is 0 Å². The zero-order valence-corrected chi connectivity index (χ0v) is 9.58. The van der Waals surface area contributed by atoms with Crippen molar-refractivity contribution in [3.05, 3.63) is 47.7 Å². The summed E-state index contributed by atoms with van der Waals surface area (Å²) in [5.74, 6) is 0.106. The maximum Gasteiger partial charge on any atom is 0.161 e. The van der Waals surface area contributed by atoms with Crippen molar-refractivity contribution in [2.24, 2.45) is 0 Å². The van der Waals surface area contributed by atoms with Gasteiger partial charge in [-0.15, -0.1) is 0 Å². The number of H-pyrrole nitrogens is 1. The number of carbonyl (C=O) groups is 1. The summed E-state index contributed by atoms with van der Waals surface area (Å²) in [6, 6.07) is 11.9. The van der Waals surface area contributed by atoms with Crippen LogP contribution >= 0.6 is 0 Å². The highest BCUT2D eigenvalue weighted by atomic mass is 16.1. The van der Waals surface area contributed by atoms with Gasteiger partial charge >= 0.3 is 0 Å². The molecule has 0 atom stereocenters. The fourth-order valence-corrected chi connectivity index (χ4v) is 1.81. The van der Waals surface area contributed by atoms with Crippen molar-refractivity contribution in [1.82, 2.24) is 4.98 Å². The largest absolute Gasteiger partial charge is 0.358 e. The van der Waals surface area contributed by atoms with E-state index in [1.54, 1.807) is 6.92 Å². The highest BCUT2D eigenvalue weighted by Gasteiger charge is 2.12. The average molecular weight is 213 g/mol. The van der Waals surface area contributed by atoms with Crippen LogP contribution < -0.4 is 0 Å². The molecule has 2 rings (SSSR count). The number of aromatic nitrogens is 1. The molecule has 16 heavy (non-hydrogen) atoms. The van der Waals surface area contributed by atoms with Gasteiger partial charge in [-0.3, -0.25) is 4.79 Å². The number of hydrogen-bond donors (Lipinski definition) is 1. The minimum absolute atomic E-state index is 0.106. The standard InChI is InChI=1S/C14H15NO/c1-3-12-9-13(10(2)16)14(15-12)11-7-5-4-6-8-11/h4-9,15H,3H2,1-2H3. The molecule has 0 aliphatic rings. The molecule has 82 valence electrons. The van der Waals surface area contributed by atoms with E-state index in [4.69, 9.17) is 0 Å². The zero-order chi connectivity index (χ0) is 11.5. The van der Waals surface area contributed by atoms with E-state index in [0.29, 0.717) is 0 Å². The average Bonchev–Trinajstić information content (AvgIpc) is 2.74. The van der Waals surface area contributed by atoms with Crippen LogP contribution in [0.15, 0.2) is 36.4 Å². The van der Waals surface area contributed by atoms with Gasteiger partial charge in [-0.05, 0) is 25.0 Å². The van der Waals surface area contributed by atoms with Gasteiger partial charge < -0.3 is 4.98 Å². The van der Waals surface area contributed by atoms with Crippen LogP contribution in [-0.4, -0.2) is 10.8 Å². The summed E-state index contributed by atoms with van der Waals surface area (Å²) in [7, 11) is 0. The third kappa shape index (κ3) is 1.91. The van der Waals surface area contributed by atoms with Crippen molar-refractivity contribution < 1.29 is 4.79 Å². The fourth-order valence-electron chi connectivity index (χ4n) is 1.81. The van der Waals surface area contributed by atoms with Crippen LogP contribution in [0.1, 0.15) is 29.9 Å². The van der Waals surface area contributed by atoms with Crippen LogP contribution in [0.5, 0.6) is 0 Å². The fraction of sp³-hybridized carbons (Fsp3) is 0.214. The van der Waals surface area contributed by atoms with E-state index in [1.807, 2.05) is 36.4 Å². The molecule has 0 radical (unpaired) electrons. The molecule has 2 aromatic rings. The molecule has 0 aliphatic carbocycles. The van der Waals surface area contributed by atoms with Gasteiger partial charge in [0.2, 0.25) is 0 Å². The number of benzene rings is 1. The number of ketones is 1. The second-order valence-corrected chi connectivity index (χ2v) is 3.86. The molecular formula is C14H15NO. The van der Waals surface area contributed by atoms with E-state index in [2.05, 4.69) is 11.9 Å². The SMILES string of the molecule is CCc1cc(C(C)=O)c(-c2ccccc2)[nH]1. The van der Waals surface area contributed by atoms with E-state index < -0.39 is 0 Å². The normalized spacial score (nSPS) is 10.4. The Hall–Kier alpha value is -1.83. The van der Waals surface area contributed by atoms with Crippen molar-refractivity contribution in [2.75, 3.05) is 0 Å². The lowest BCUT2D eigenvalue weighted by atomic mass is 10.1. The minimum Gasteiger partial charge on any atom is -0.358 e. The van der Waals surface area contributed by atoms with Crippen molar-refractivity contribution in [3.63, 3.8) is 0 Å². The monoisotopic (exact) mass is 213 g/mol. The number of aryl methyl sites for hydroxylation is 1. The molecule has 1 heterocycles. The maximum atomic E-state index is 11.5. The van der Waals surface area contributed by atoms with Crippen LogP contribution in [0.4, 0.5) is 0 Å². The number of Topliss-reactive ketones (excluding diaryl/α,β-unsaturated/α-hetero) is 1. The molecule has 0 spiro atoms. The molecule has 0 aliphatic heterocycles. The molecular weight excluding hydrogens is 198 g/mol. The van der Waals surface area contributed by atoms with Crippen LogP contribution in [-0.2, 0) is 6.42 Å². The first-order valence-corrected chi connectivity index (χ1v) is 5.50. The second-order valence-electron chi connectivity index (χ2n) is 3.86. The molecule has 0 fully saturated rings. The second kappa shape index (κ2) is 4.35. The summed E-state index contributed by atoms with van der Waals surface area (Å²) in [4.78, 5) is 14.9. The molecule has 0 amide bonds. The summed E-state index contributed by atoms with van der Waals surface area (Å²) in [5.41, 5.74) is 3.88. The van der Waals surface area contributed by atoms with E-state index in [9.17, 15) is 4.79 Å². The van der Waals surface area contributed by atoms with Crippen molar-refractivity contribution >= 4 is 5.78 Å². The number of carbonyl (C=O) groups excluding carboxylic acids is 1. The van der Waals surface area contributed by atoms with Gasteiger partial charge in [0.25, 0.3) is 0 Å². The van der Waals surface area contributed by atoms with E-state index in [0.717, 1.165) is 28.9 Å². The van der Waals surface area contributed by atoms with Gasteiger partial charge in [0.1, 0.15) is 0 Å².